The molecular weight excluding hydrogens is 390 g/mol. The summed E-state index contributed by atoms with van der Waals surface area (Å²) in [5.41, 5.74) is 2.53. The van der Waals surface area contributed by atoms with Crippen molar-refractivity contribution in [3.8, 4) is 5.95 Å². The molecule has 162 valence electrons. The average molecular weight is 420 g/mol. The maximum Gasteiger partial charge on any atom is 0.275 e. The zero-order valence-corrected chi connectivity index (χ0v) is 18.1. The Morgan fingerprint density at radius 3 is 2.00 bits per heavy atom. The minimum Gasteiger partial charge on any atom is -0.395 e. The second-order valence-corrected chi connectivity index (χ2v) is 6.21. The van der Waals surface area contributed by atoms with E-state index in [0.29, 0.717) is 11.6 Å². The third-order valence-electron chi connectivity index (χ3n) is 4.36. The number of anilines is 1. The van der Waals surface area contributed by atoms with Crippen molar-refractivity contribution >= 4 is 5.69 Å². The quantitative estimate of drug-likeness (QED) is 0.457. The van der Waals surface area contributed by atoms with Crippen molar-refractivity contribution in [3.63, 3.8) is 0 Å². The lowest BCUT2D eigenvalue weighted by atomic mass is 9.92. The molecule has 2 aromatic carbocycles. The Morgan fingerprint density at radius 1 is 1.00 bits per heavy atom. The van der Waals surface area contributed by atoms with Crippen molar-refractivity contribution in [1.82, 2.24) is 19.7 Å². The Bertz CT molecular complexity index is 1010. The van der Waals surface area contributed by atoms with Gasteiger partial charge in [-0.2, -0.15) is 5.10 Å². The standard InChI is InChI=1S/C14H14O.C8H9N5O.C2H6/c15-11-14(12-7-3-1-4-8-12)13-9-5-2-6-10-13;1-9-6-5-10-8(12-7(6)14)13-4-2-3-11-13;1-2/h1-10,14-15H,11H2;2-5,9H,1H3,(H,10,12,14);1-2H3. The average Bonchev–Trinajstić information content (AvgIpc) is 3.38. The molecule has 2 heterocycles. The van der Waals surface area contributed by atoms with Gasteiger partial charge in [-0.25, -0.2) is 9.67 Å². The van der Waals surface area contributed by atoms with Crippen molar-refractivity contribution in [3.05, 3.63) is 107 Å². The number of aromatic nitrogens is 4. The summed E-state index contributed by atoms with van der Waals surface area (Å²) in [5.74, 6) is 0.492. The maximum atomic E-state index is 11.4. The Kier molecular flexibility index (Phi) is 9.71. The number of H-pyrrole nitrogens is 1. The maximum absolute atomic E-state index is 11.4. The van der Waals surface area contributed by atoms with Gasteiger partial charge in [-0.3, -0.25) is 9.78 Å². The fraction of sp³-hybridized carbons (Fsp3) is 0.208. The molecule has 0 bridgehead atoms. The first-order valence-electron chi connectivity index (χ1n) is 10.2. The molecule has 0 saturated carbocycles. The van der Waals surface area contributed by atoms with Crippen LogP contribution in [-0.4, -0.2) is 38.5 Å². The molecule has 0 aliphatic carbocycles. The van der Waals surface area contributed by atoms with Gasteiger partial charge in [0.25, 0.3) is 5.56 Å². The van der Waals surface area contributed by atoms with E-state index in [4.69, 9.17) is 0 Å². The zero-order chi connectivity index (χ0) is 22.5. The van der Waals surface area contributed by atoms with Gasteiger partial charge in [-0.15, -0.1) is 0 Å². The number of benzene rings is 2. The van der Waals surface area contributed by atoms with Crippen LogP contribution in [-0.2, 0) is 0 Å². The van der Waals surface area contributed by atoms with Crippen LogP contribution >= 0.6 is 0 Å². The highest BCUT2D eigenvalue weighted by Gasteiger charge is 2.11. The van der Waals surface area contributed by atoms with E-state index in [-0.39, 0.29) is 18.1 Å². The number of nitrogens with zero attached hydrogens (tertiary/aromatic N) is 3. The fourth-order valence-corrected chi connectivity index (χ4v) is 2.85. The number of aromatic amines is 1. The van der Waals surface area contributed by atoms with Gasteiger partial charge in [0.05, 0.1) is 12.8 Å². The molecule has 31 heavy (non-hydrogen) atoms. The smallest absolute Gasteiger partial charge is 0.275 e. The third-order valence-corrected chi connectivity index (χ3v) is 4.36. The molecule has 7 heteroatoms. The van der Waals surface area contributed by atoms with E-state index in [1.807, 2.05) is 74.5 Å². The Morgan fingerprint density at radius 2 is 1.58 bits per heavy atom. The molecule has 0 aliphatic heterocycles. The largest absolute Gasteiger partial charge is 0.395 e. The predicted molar refractivity (Wildman–Crippen MR) is 125 cm³/mol. The van der Waals surface area contributed by atoms with Gasteiger partial charge < -0.3 is 10.4 Å². The lowest BCUT2D eigenvalue weighted by Gasteiger charge is -2.14. The SMILES string of the molecule is CC.CNc1cnc(-n2cccn2)[nH]c1=O.OCC(c1ccccc1)c1ccccc1. The van der Waals surface area contributed by atoms with Gasteiger partial charge in [-0.1, -0.05) is 74.5 Å². The van der Waals surface area contributed by atoms with Crippen LogP contribution in [0.4, 0.5) is 5.69 Å². The molecule has 0 aliphatic rings. The second kappa shape index (κ2) is 12.8. The van der Waals surface area contributed by atoms with Crippen molar-refractivity contribution in [2.45, 2.75) is 19.8 Å². The lowest BCUT2D eigenvalue weighted by molar-refractivity contribution is 0.280. The van der Waals surface area contributed by atoms with Crippen LogP contribution < -0.4 is 10.9 Å². The highest BCUT2D eigenvalue weighted by atomic mass is 16.3. The van der Waals surface area contributed by atoms with E-state index in [1.54, 1.807) is 25.5 Å². The van der Waals surface area contributed by atoms with Crippen LogP contribution in [0.3, 0.4) is 0 Å². The Hall–Kier alpha value is -3.71. The fourth-order valence-electron chi connectivity index (χ4n) is 2.85. The molecule has 3 N–H and O–H groups in total. The van der Waals surface area contributed by atoms with E-state index in [9.17, 15) is 9.90 Å². The lowest BCUT2D eigenvalue weighted by Crippen LogP contribution is -2.16. The van der Waals surface area contributed by atoms with Gasteiger partial charge in [-0.05, 0) is 17.2 Å². The molecule has 2 aromatic heterocycles. The molecule has 0 spiro atoms. The van der Waals surface area contributed by atoms with Crippen LogP contribution in [0.2, 0.25) is 0 Å². The van der Waals surface area contributed by atoms with Gasteiger partial charge in [0, 0.05) is 25.4 Å². The van der Waals surface area contributed by atoms with Crippen LogP contribution in [0, 0.1) is 0 Å². The molecule has 0 unspecified atom stereocenters. The number of rotatable bonds is 5. The molecule has 7 nitrogen and oxygen atoms in total. The van der Waals surface area contributed by atoms with E-state index < -0.39 is 0 Å². The van der Waals surface area contributed by atoms with Gasteiger partial charge >= 0.3 is 0 Å². The van der Waals surface area contributed by atoms with Crippen LogP contribution in [0.5, 0.6) is 0 Å². The molecule has 0 fully saturated rings. The van der Waals surface area contributed by atoms with Gasteiger partial charge in [0.1, 0.15) is 5.69 Å². The molecule has 0 radical (unpaired) electrons. The summed E-state index contributed by atoms with van der Waals surface area (Å²) >= 11 is 0. The van der Waals surface area contributed by atoms with E-state index in [2.05, 4.69) is 20.4 Å². The van der Waals surface area contributed by atoms with Gasteiger partial charge in [0.2, 0.25) is 5.95 Å². The summed E-state index contributed by atoms with van der Waals surface area (Å²) in [6.07, 6.45) is 4.79. The van der Waals surface area contributed by atoms with Crippen molar-refractivity contribution in [2.75, 3.05) is 19.0 Å². The van der Waals surface area contributed by atoms with E-state index in [1.165, 1.54) is 10.9 Å². The number of nitrogens with one attached hydrogen (secondary N) is 2. The molecule has 4 rings (SSSR count). The summed E-state index contributed by atoms with van der Waals surface area (Å²) in [4.78, 5) is 18.0. The minimum absolute atomic E-state index is 0.0902. The summed E-state index contributed by atoms with van der Waals surface area (Å²) in [6.45, 7) is 4.15. The molecule has 0 amide bonds. The summed E-state index contributed by atoms with van der Waals surface area (Å²) in [6, 6.07) is 21.9. The first kappa shape index (κ1) is 23.6. The first-order chi connectivity index (χ1) is 15.2. The summed E-state index contributed by atoms with van der Waals surface area (Å²) < 4.78 is 1.49. The summed E-state index contributed by atoms with van der Waals surface area (Å²) in [7, 11) is 1.67. The zero-order valence-electron chi connectivity index (χ0n) is 18.1. The highest BCUT2D eigenvalue weighted by Crippen LogP contribution is 2.23. The molecule has 0 atom stereocenters. The van der Waals surface area contributed by atoms with Crippen LogP contribution in [0.15, 0.2) is 90.1 Å². The Labute approximate surface area is 182 Å². The second-order valence-electron chi connectivity index (χ2n) is 6.21. The molecule has 0 saturated heterocycles. The van der Waals surface area contributed by atoms with Crippen molar-refractivity contribution in [1.29, 1.82) is 0 Å². The minimum atomic E-state index is -0.215. The summed E-state index contributed by atoms with van der Waals surface area (Å²) in [5, 5.41) is 16.1. The molecule has 4 aromatic rings. The number of hydrogen-bond donors (Lipinski definition) is 3. The number of aliphatic hydroxyl groups is 1. The topological polar surface area (TPSA) is 95.8 Å². The van der Waals surface area contributed by atoms with Gasteiger partial charge in [0.15, 0.2) is 0 Å². The van der Waals surface area contributed by atoms with Crippen molar-refractivity contribution < 1.29 is 5.11 Å². The van der Waals surface area contributed by atoms with E-state index in [0.717, 1.165) is 11.1 Å². The first-order valence-corrected chi connectivity index (χ1v) is 10.2. The third kappa shape index (κ3) is 6.65. The van der Waals surface area contributed by atoms with Crippen LogP contribution in [0.1, 0.15) is 30.9 Å². The normalized spacial score (nSPS) is 9.84. The number of hydrogen-bond acceptors (Lipinski definition) is 5. The van der Waals surface area contributed by atoms with Crippen LogP contribution in [0.25, 0.3) is 5.95 Å². The van der Waals surface area contributed by atoms with Crippen molar-refractivity contribution in [2.24, 2.45) is 0 Å². The molecular formula is C24H29N5O2. The highest BCUT2D eigenvalue weighted by molar-refractivity contribution is 5.38. The number of aliphatic hydroxyl groups excluding tert-OH is 1. The monoisotopic (exact) mass is 419 g/mol. The Balaban J connectivity index is 0.000000204. The predicted octanol–water partition coefficient (Wildman–Crippen LogP) is 3.83. The van der Waals surface area contributed by atoms with E-state index >= 15 is 0 Å².